The Hall–Kier alpha value is -2.83. The van der Waals surface area contributed by atoms with Crippen LogP contribution in [0.4, 0.5) is 0 Å². The number of nitrogens with zero attached hydrogens (tertiary/aromatic N) is 2. The van der Waals surface area contributed by atoms with E-state index < -0.39 is 17.3 Å². The Bertz CT molecular complexity index is 862. The van der Waals surface area contributed by atoms with Crippen molar-refractivity contribution in [2.24, 2.45) is 0 Å². The zero-order valence-corrected chi connectivity index (χ0v) is 9.88. The number of carbonyl (C=O) groups excluding carboxylic acids is 1. The number of fused-ring (bicyclic) bond motifs is 3. The van der Waals surface area contributed by atoms with Gasteiger partial charge in [0.15, 0.2) is 11.3 Å². The van der Waals surface area contributed by atoms with Crippen molar-refractivity contribution in [1.29, 1.82) is 0 Å². The number of esters is 1. The second-order valence-corrected chi connectivity index (χ2v) is 3.92. The molecule has 0 saturated heterocycles. The summed E-state index contributed by atoms with van der Waals surface area (Å²) in [7, 11) is 1.17. The van der Waals surface area contributed by atoms with Gasteiger partial charge in [-0.05, 0) is 12.1 Å². The molecule has 7 heteroatoms. The smallest absolute Gasteiger partial charge is 0.362 e. The molecule has 0 atom stereocenters. The molecular formula is C12H9N3O4. The summed E-state index contributed by atoms with van der Waals surface area (Å²) in [6.07, 6.45) is 0. The fourth-order valence-corrected chi connectivity index (χ4v) is 1.97. The zero-order valence-electron chi connectivity index (χ0n) is 9.88. The predicted molar refractivity (Wildman–Crippen MR) is 66.3 cm³/mol. The molecule has 2 N–H and O–H groups in total. The molecule has 0 amide bonds. The molecule has 0 bridgehead atoms. The average Bonchev–Trinajstić information content (AvgIpc) is 2.77. The summed E-state index contributed by atoms with van der Waals surface area (Å²) in [5, 5.41) is 13.9. The number of aromatic nitrogens is 3. The Morgan fingerprint density at radius 2 is 2.16 bits per heavy atom. The van der Waals surface area contributed by atoms with Crippen molar-refractivity contribution in [3.63, 3.8) is 0 Å². The minimum absolute atomic E-state index is 0.0842. The summed E-state index contributed by atoms with van der Waals surface area (Å²) < 4.78 is 5.74. The number of H-pyrrole nitrogens is 1. The molecule has 0 radical (unpaired) electrons. The number of carbonyl (C=O) groups is 1. The van der Waals surface area contributed by atoms with E-state index in [1.54, 1.807) is 24.3 Å². The quantitative estimate of drug-likeness (QED) is 0.626. The molecule has 0 aliphatic heterocycles. The largest absolute Gasteiger partial charge is 0.503 e. The molecule has 1 aromatic carbocycles. The highest BCUT2D eigenvalue weighted by Crippen LogP contribution is 2.23. The van der Waals surface area contributed by atoms with E-state index in [2.05, 4.69) is 14.8 Å². The van der Waals surface area contributed by atoms with Crippen LogP contribution in [0, 0.1) is 0 Å². The maximum Gasteiger partial charge on any atom is 0.362 e. The van der Waals surface area contributed by atoms with Crippen LogP contribution in [0.15, 0.2) is 29.1 Å². The normalized spacial score (nSPS) is 11.0. The maximum atomic E-state index is 11.9. The van der Waals surface area contributed by atoms with E-state index in [4.69, 9.17) is 0 Å². The van der Waals surface area contributed by atoms with E-state index >= 15 is 0 Å². The van der Waals surface area contributed by atoms with Gasteiger partial charge in [0.2, 0.25) is 5.69 Å². The fraction of sp³-hybridized carbons (Fsp3) is 0.0833. The third-order valence-electron chi connectivity index (χ3n) is 2.83. The van der Waals surface area contributed by atoms with Crippen LogP contribution in [0.25, 0.3) is 16.6 Å². The van der Waals surface area contributed by atoms with Gasteiger partial charge in [-0.1, -0.05) is 12.1 Å². The van der Waals surface area contributed by atoms with Gasteiger partial charge in [0, 0.05) is 0 Å². The van der Waals surface area contributed by atoms with Gasteiger partial charge in [-0.3, -0.25) is 4.79 Å². The SMILES string of the molecule is COC(=O)c1nn2c(c1O)c(=O)[nH]c1ccccc12. The monoisotopic (exact) mass is 259 g/mol. The fourth-order valence-electron chi connectivity index (χ4n) is 1.97. The molecule has 0 fully saturated rings. The van der Waals surface area contributed by atoms with Crippen molar-refractivity contribution in [1.82, 2.24) is 14.6 Å². The summed E-state index contributed by atoms with van der Waals surface area (Å²) in [6.45, 7) is 0. The highest BCUT2D eigenvalue weighted by molar-refractivity contribution is 5.94. The number of nitrogens with one attached hydrogen (secondary N) is 1. The first-order chi connectivity index (χ1) is 9.13. The van der Waals surface area contributed by atoms with Gasteiger partial charge in [0.1, 0.15) is 0 Å². The summed E-state index contributed by atoms with van der Waals surface area (Å²) in [5.74, 6) is -1.29. The molecule has 2 aromatic heterocycles. The number of ether oxygens (including phenoxy) is 1. The molecule has 0 unspecified atom stereocenters. The Morgan fingerprint density at radius 3 is 2.89 bits per heavy atom. The molecule has 0 spiro atoms. The molecule has 3 rings (SSSR count). The lowest BCUT2D eigenvalue weighted by molar-refractivity contribution is 0.0590. The minimum Gasteiger partial charge on any atom is -0.503 e. The minimum atomic E-state index is -0.801. The van der Waals surface area contributed by atoms with Gasteiger partial charge in [0.25, 0.3) is 5.56 Å². The third-order valence-corrected chi connectivity index (χ3v) is 2.83. The lowest BCUT2D eigenvalue weighted by atomic mass is 10.3. The number of aromatic amines is 1. The molecule has 0 aliphatic carbocycles. The van der Waals surface area contributed by atoms with Gasteiger partial charge < -0.3 is 14.8 Å². The summed E-state index contributed by atoms with van der Waals surface area (Å²) >= 11 is 0. The van der Waals surface area contributed by atoms with Gasteiger partial charge in [-0.25, -0.2) is 9.31 Å². The van der Waals surface area contributed by atoms with Crippen LogP contribution < -0.4 is 5.56 Å². The lowest BCUT2D eigenvalue weighted by Gasteiger charge is -1.99. The molecule has 7 nitrogen and oxygen atoms in total. The van der Waals surface area contributed by atoms with Crippen molar-refractivity contribution in [2.45, 2.75) is 0 Å². The molecule has 19 heavy (non-hydrogen) atoms. The number of methoxy groups -OCH3 is 1. The van der Waals surface area contributed by atoms with Crippen molar-refractivity contribution < 1.29 is 14.6 Å². The van der Waals surface area contributed by atoms with Crippen LogP contribution >= 0.6 is 0 Å². The predicted octanol–water partition coefficient (Wildman–Crippen LogP) is 0.668. The van der Waals surface area contributed by atoms with Crippen LogP contribution in [0.2, 0.25) is 0 Å². The number of benzene rings is 1. The van der Waals surface area contributed by atoms with Crippen molar-refractivity contribution in [3.05, 3.63) is 40.3 Å². The third kappa shape index (κ3) is 1.48. The molecule has 3 aromatic rings. The van der Waals surface area contributed by atoms with Gasteiger partial charge >= 0.3 is 5.97 Å². The highest BCUT2D eigenvalue weighted by atomic mass is 16.5. The number of rotatable bonds is 1. The Balaban J connectivity index is 2.52. The van der Waals surface area contributed by atoms with Crippen molar-refractivity contribution in [2.75, 3.05) is 7.11 Å². The first-order valence-corrected chi connectivity index (χ1v) is 5.44. The van der Waals surface area contributed by atoms with Crippen LogP contribution in [0.3, 0.4) is 0 Å². The van der Waals surface area contributed by atoms with E-state index in [0.29, 0.717) is 11.0 Å². The molecule has 0 aliphatic rings. The number of aromatic hydroxyl groups is 1. The molecular weight excluding hydrogens is 250 g/mol. The number of hydrogen-bond acceptors (Lipinski definition) is 5. The number of para-hydroxylation sites is 2. The highest BCUT2D eigenvalue weighted by Gasteiger charge is 2.22. The first-order valence-electron chi connectivity index (χ1n) is 5.44. The van der Waals surface area contributed by atoms with Gasteiger partial charge in [-0.15, -0.1) is 0 Å². The maximum absolute atomic E-state index is 11.9. The Labute approximate surface area is 106 Å². The van der Waals surface area contributed by atoms with Crippen molar-refractivity contribution in [3.8, 4) is 5.75 Å². The Morgan fingerprint density at radius 1 is 1.42 bits per heavy atom. The summed E-state index contributed by atoms with van der Waals surface area (Å²) in [6, 6.07) is 6.93. The second-order valence-electron chi connectivity index (χ2n) is 3.92. The van der Waals surface area contributed by atoms with E-state index in [-0.39, 0.29) is 11.2 Å². The van der Waals surface area contributed by atoms with Gasteiger partial charge in [0.05, 0.1) is 18.1 Å². The van der Waals surface area contributed by atoms with Crippen LogP contribution in [-0.2, 0) is 4.74 Å². The van der Waals surface area contributed by atoms with E-state index in [1.807, 2.05) is 0 Å². The average molecular weight is 259 g/mol. The zero-order chi connectivity index (χ0) is 13.6. The summed E-state index contributed by atoms with van der Waals surface area (Å²) in [4.78, 5) is 26.0. The van der Waals surface area contributed by atoms with Crippen molar-refractivity contribution >= 4 is 22.5 Å². The van der Waals surface area contributed by atoms with Crippen LogP contribution in [0.5, 0.6) is 5.75 Å². The topological polar surface area (TPSA) is 96.7 Å². The standard InChI is InChI=1S/C12H9N3O4/c1-19-12(18)8-10(16)9-11(17)13-6-4-2-3-5-7(6)15(9)14-8/h2-5,16H,1H3,(H,13,17). The second kappa shape index (κ2) is 3.84. The van der Waals surface area contributed by atoms with E-state index in [9.17, 15) is 14.7 Å². The van der Waals surface area contributed by atoms with Crippen LogP contribution in [-0.4, -0.2) is 32.8 Å². The van der Waals surface area contributed by atoms with E-state index in [1.165, 1.54) is 11.6 Å². The van der Waals surface area contributed by atoms with Crippen LogP contribution in [0.1, 0.15) is 10.5 Å². The molecule has 0 saturated carbocycles. The van der Waals surface area contributed by atoms with Gasteiger partial charge in [-0.2, -0.15) is 5.10 Å². The first kappa shape index (κ1) is 11.3. The molecule has 2 heterocycles. The molecule has 96 valence electrons. The van der Waals surface area contributed by atoms with E-state index in [0.717, 1.165) is 0 Å². The lowest BCUT2D eigenvalue weighted by Crippen LogP contribution is -2.10. The summed E-state index contributed by atoms with van der Waals surface area (Å²) in [5.41, 5.74) is 0.226. The Kier molecular flexibility index (Phi) is 2.28. The number of hydrogen-bond donors (Lipinski definition) is 2.